The molecular formula is C14H22N2O3. The minimum absolute atomic E-state index is 0.0200. The van der Waals surface area contributed by atoms with Crippen molar-refractivity contribution in [3.8, 4) is 11.5 Å². The summed E-state index contributed by atoms with van der Waals surface area (Å²) in [4.78, 5) is 11.5. The predicted octanol–water partition coefficient (Wildman–Crippen LogP) is 1.62. The van der Waals surface area contributed by atoms with Crippen molar-refractivity contribution in [3.63, 3.8) is 0 Å². The largest absolute Gasteiger partial charge is 0.493 e. The van der Waals surface area contributed by atoms with Crippen molar-refractivity contribution < 1.29 is 14.3 Å². The maximum Gasteiger partial charge on any atom is 0.257 e. The van der Waals surface area contributed by atoms with Gasteiger partial charge in [0.15, 0.2) is 18.1 Å². The summed E-state index contributed by atoms with van der Waals surface area (Å²) in [6.07, 6.45) is 0.901. The van der Waals surface area contributed by atoms with Crippen molar-refractivity contribution in [2.45, 2.75) is 26.3 Å². The Bertz CT molecular complexity index is 419. The van der Waals surface area contributed by atoms with Crippen LogP contribution in [-0.4, -0.2) is 26.2 Å². The van der Waals surface area contributed by atoms with E-state index in [1.165, 1.54) is 0 Å². The van der Waals surface area contributed by atoms with Gasteiger partial charge in [-0.3, -0.25) is 4.79 Å². The fraction of sp³-hybridized carbons (Fsp3) is 0.500. The van der Waals surface area contributed by atoms with E-state index in [9.17, 15) is 4.79 Å². The van der Waals surface area contributed by atoms with Gasteiger partial charge in [-0.15, -0.1) is 0 Å². The van der Waals surface area contributed by atoms with Gasteiger partial charge in [-0.2, -0.15) is 0 Å². The van der Waals surface area contributed by atoms with E-state index in [0.29, 0.717) is 18.0 Å². The number of hydrogen-bond acceptors (Lipinski definition) is 4. The van der Waals surface area contributed by atoms with Crippen molar-refractivity contribution in [1.82, 2.24) is 5.32 Å². The Morgan fingerprint density at radius 2 is 2.16 bits per heavy atom. The maximum atomic E-state index is 11.5. The Morgan fingerprint density at radius 3 is 2.74 bits per heavy atom. The van der Waals surface area contributed by atoms with Crippen molar-refractivity contribution in [3.05, 3.63) is 23.8 Å². The molecule has 1 rings (SSSR count). The molecule has 5 heteroatoms. The third kappa shape index (κ3) is 4.79. The van der Waals surface area contributed by atoms with Crippen molar-refractivity contribution in [2.75, 3.05) is 20.3 Å². The van der Waals surface area contributed by atoms with Gasteiger partial charge in [0.25, 0.3) is 5.91 Å². The number of benzene rings is 1. The van der Waals surface area contributed by atoms with Crippen LogP contribution >= 0.6 is 0 Å². The molecule has 0 unspecified atom stereocenters. The molecule has 106 valence electrons. The molecule has 0 aliphatic carbocycles. The zero-order valence-corrected chi connectivity index (χ0v) is 11.7. The highest BCUT2D eigenvalue weighted by atomic mass is 16.5. The van der Waals surface area contributed by atoms with E-state index in [1.54, 1.807) is 13.2 Å². The van der Waals surface area contributed by atoms with Crippen LogP contribution < -0.4 is 20.5 Å². The van der Waals surface area contributed by atoms with Gasteiger partial charge in [0.1, 0.15) is 0 Å². The Balaban J connectivity index is 2.65. The fourth-order valence-electron chi connectivity index (χ4n) is 1.55. The topological polar surface area (TPSA) is 73.6 Å². The molecule has 1 amide bonds. The standard InChI is InChI=1S/C14H22N2O3/c1-4-7-16-14(17)9-19-12-6-5-11(10(2)15)8-13(12)18-3/h5-6,8,10H,4,7,9,15H2,1-3H3,(H,16,17)/t10-/m0/s1. The van der Waals surface area contributed by atoms with Crippen LogP contribution in [0.2, 0.25) is 0 Å². The summed E-state index contributed by atoms with van der Waals surface area (Å²) in [6, 6.07) is 5.39. The van der Waals surface area contributed by atoms with Crippen LogP contribution in [0.4, 0.5) is 0 Å². The molecule has 0 saturated heterocycles. The lowest BCUT2D eigenvalue weighted by atomic mass is 10.1. The SMILES string of the molecule is CCCNC(=O)COc1ccc([C@H](C)N)cc1OC. The van der Waals surface area contributed by atoms with Crippen LogP contribution in [0, 0.1) is 0 Å². The molecule has 0 heterocycles. The first kappa shape index (κ1) is 15.3. The molecule has 0 aliphatic rings. The highest BCUT2D eigenvalue weighted by molar-refractivity contribution is 5.77. The first-order valence-corrected chi connectivity index (χ1v) is 6.41. The number of nitrogens with one attached hydrogen (secondary N) is 1. The average Bonchev–Trinajstić information content (AvgIpc) is 2.42. The molecule has 1 aromatic carbocycles. The predicted molar refractivity (Wildman–Crippen MR) is 74.4 cm³/mol. The molecule has 3 N–H and O–H groups in total. The molecule has 0 fully saturated rings. The van der Waals surface area contributed by atoms with Crippen LogP contribution in [-0.2, 0) is 4.79 Å². The third-order valence-corrected chi connectivity index (χ3v) is 2.64. The normalized spacial score (nSPS) is 11.8. The van der Waals surface area contributed by atoms with Gasteiger partial charge >= 0.3 is 0 Å². The minimum Gasteiger partial charge on any atom is -0.493 e. The number of carbonyl (C=O) groups excluding carboxylic acids is 1. The van der Waals surface area contributed by atoms with E-state index in [0.717, 1.165) is 12.0 Å². The van der Waals surface area contributed by atoms with Gasteiger partial charge < -0.3 is 20.5 Å². The second-order valence-corrected chi connectivity index (χ2v) is 4.34. The van der Waals surface area contributed by atoms with Gasteiger partial charge in [-0.1, -0.05) is 13.0 Å². The first-order valence-electron chi connectivity index (χ1n) is 6.41. The molecule has 0 bridgehead atoms. The molecule has 1 aromatic rings. The van der Waals surface area contributed by atoms with Gasteiger partial charge in [0.2, 0.25) is 0 Å². The third-order valence-electron chi connectivity index (χ3n) is 2.64. The summed E-state index contributed by atoms with van der Waals surface area (Å²) in [5.41, 5.74) is 6.76. The number of carbonyl (C=O) groups is 1. The number of nitrogens with two attached hydrogens (primary N) is 1. The summed E-state index contributed by atoms with van der Waals surface area (Å²) < 4.78 is 10.7. The Hall–Kier alpha value is -1.75. The Kier molecular flexibility index (Phi) is 6.15. The van der Waals surface area contributed by atoms with E-state index in [2.05, 4.69) is 5.32 Å². The van der Waals surface area contributed by atoms with Crippen LogP contribution in [0.3, 0.4) is 0 Å². The quantitative estimate of drug-likeness (QED) is 0.786. The summed E-state index contributed by atoms with van der Waals surface area (Å²) in [5, 5.41) is 2.74. The van der Waals surface area contributed by atoms with E-state index in [4.69, 9.17) is 15.2 Å². The van der Waals surface area contributed by atoms with Gasteiger partial charge in [0.05, 0.1) is 7.11 Å². The van der Waals surface area contributed by atoms with E-state index in [-0.39, 0.29) is 18.6 Å². The number of amides is 1. The molecular weight excluding hydrogens is 244 g/mol. The fourth-order valence-corrected chi connectivity index (χ4v) is 1.55. The van der Waals surface area contributed by atoms with E-state index >= 15 is 0 Å². The van der Waals surface area contributed by atoms with Crippen LogP contribution in [0.5, 0.6) is 11.5 Å². The maximum absolute atomic E-state index is 11.5. The average molecular weight is 266 g/mol. The molecule has 0 aliphatic heterocycles. The summed E-state index contributed by atoms with van der Waals surface area (Å²) in [5.74, 6) is 0.983. The molecule has 5 nitrogen and oxygen atoms in total. The molecule has 0 aromatic heterocycles. The first-order chi connectivity index (χ1) is 9.08. The Morgan fingerprint density at radius 1 is 1.42 bits per heavy atom. The summed E-state index contributed by atoms with van der Waals surface area (Å²) >= 11 is 0. The lowest BCUT2D eigenvalue weighted by Crippen LogP contribution is -2.29. The van der Waals surface area contributed by atoms with Gasteiger partial charge in [-0.05, 0) is 31.0 Å². The van der Waals surface area contributed by atoms with E-state index in [1.807, 2.05) is 26.0 Å². The van der Waals surface area contributed by atoms with Crippen LogP contribution in [0.15, 0.2) is 18.2 Å². The van der Waals surface area contributed by atoms with Gasteiger partial charge in [-0.25, -0.2) is 0 Å². The monoisotopic (exact) mass is 266 g/mol. The van der Waals surface area contributed by atoms with Crippen molar-refractivity contribution >= 4 is 5.91 Å². The number of methoxy groups -OCH3 is 1. The molecule has 1 atom stereocenters. The highest BCUT2D eigenvalue weighted by Gasteiger charge is 2.09. The molecule has 0 spiro atoms. The molecule has 0 saturated carbocycles. The second kappa shape index (κ2) is 7.63. The lowest BCUT2D eigenvalue weighted by molar-refractivity contribution is -0.123. The Labute approximate surface area is 114 Å². The highest BCUT2D eigenvalue weighted by Crippen LogP contribution is 2.29. The number of hydrogen-bond donors (Lipinski definition) is 2. The number of rotatable bonds is 7. The summed E-state index contributed by atoms with van der Waals surface area (Å²) in [6.45, 7) is 4.53. The summed E-state index contributed by atoms with van der Waals surface area (Å²) in [7, 11) is 1.56. The van der Waals surface area contributed by atoms with Crippen molar-refractivity contribution in [2.24, 2.45) is 5.73 Å². The van der Waals surface area contributed by atoms with Gasteiger partial charge in [0, 0.05) is 12.6 Å². The van der Waals surface area contributed by atoms with Crippen molar-refractivity contribution in [1.29, 1.82) is 0 Å². The zero-order valence-electron chi connectivity index (χ0n) is 11.7. The van der Waals surface area contributed by atoms with Crippen LogP contribution in [0.1, 0.15) is 31.9 Å². The smallest absolute Gasteiger partial charge is 0.257 e. The van der Waals surface area contributed by atoms with E-state index < -0.39 is 0 Å². The minimum atomic E-state index is -0.139. The molecule has 0 radical (unpaired) electrons. The van der Waals surface area contributed by atoms with Crippen LogP contribution in [0.25, 0.3) is 0 Å². The zero-order chi connectivity index (χ0) is 14.3. The second-order valence-electron chi connectivity index (χ2n) is 4.34. The molecule has 19 heavy (non-hydrogen) atoms. The number of ether oxygens (including phenoxy) is 2. The lowest BCUT2D eigenvalue weighted by Gasteiger charge is -2.13.